The number of aromatic amines is 1. The first kappa shape index (κ1) is 16.3. The zero-order valence-electron chi connectivity index (χ0n) is 13.4. The lowest BCUT2D eigenvalue weighted by molar-refractivity contribution is 0.00500. The Morgan fingerprint density at radius 2 is 2.12 bits per heavy atom. The van der Waals surface area contributed by atoms with E-state index < -0.39 is 12.5 Å². The van der Waals surface area contributed by atoms with E-state index in [1.165, 1.54) is 17.0 Å². The molecule has 1 aliphatic carbocycles. The Bertz CT molecular complexity index is 741. The molecule has 1 amide bonds. The summed E-state index contributed by atoms with van der Waals surface area (Å²) in [5.74, 6) is -3.24. The predicted octanol–water partition coefficient (Wildman–Crippen LogP) is 1.59. The Morgan fingerprint density at radius 3 is 2.79 bits per heavy atom. The van der Waals surface area contributed by atoms with Crippen molar-refractivity contribution in [3.63, 3.8) is 0 Å². The van der Waals surface area contributed by atoms with Gasteiger partial charge in [0.1, 0.15) is 11.5 Å². The van der Waals surface area contributed by atoms with Gasteiger partial charge in [-0.05, 0) is 31.4 Å². The van der Waals surface area contributed by atoms with Gasteiger partial charge in [0.2, 0.25) is 0 Å². The van der Waals surface area contributed by atoms with Crippen molar-refractivity contribution in [3.8, 4) is 0 Å². The lowest BCUT2D eigenvalue weighted by Crippen LogP contribution is -2.27. The van der Waals surface area contributed by atoms with Gasteiger partial charge in [-0.2, -0.15) is 13.9 Å². The molecule has 0 bridgehead atoms. The van der Waals surface area contributed by atoms with Crippen LogP contribution in [-0.4, -0.2) is 51.8 Å². The summed E-state index contributed by atoms with van der Waals surface area (Å²) in [7, 11) is 3.19. The van der Waals surface area contributed by atoms with Crippen LogP contribution in [-0.2, 0) is 18.8 Å². The summed E-state index contributed by atoms with van der Waals surface area (Å²) >= 11 is 0. The normalized spacial score (nSPS) is 13.7. The first-order chi connectivity index (χ1) is 11.4. The molecule has 2 heterocycles. The van der Waals surface area contributed by atoms with Crippen LogP contribution < -0.4 is 5.32 Å². The van der Waals surface area contributed by atoms with Gasteiger partial charge in [0.15, 0.2) is 5.69 Å². The van der Waals surface area contributed by atoms with E-state index in [1.54, 1.807) is 14.1 Å². The number of nitrogens with one attached hydrogen (secondary N) is 2. The molecule has 0 spiro atoms. The smallest absolute Gasteiger partial charge is 0.308 e. The summed E-state index contributed by atoms with van der Waals surface area (Å²) in [6.07, 6.45) is 2.25. The lowest BCUT2D eigenvalue weighted by atomic mass is 10.1. The van der Waals surface area contributed by atoms with Gasteiger partial charge in [-0.15, -0.1) is 10.2 Å². The fraction of sp³-hybridized carbons (Fsp3) is 0.467. The van der Waals surface area contributed by atoms with Crippen molar-refractivity contribution in [2.24, 2.45) is 0 Å². The van der Waals surface area contributed by atoms with Gasteiger partial charge in [0.05, 0.1) is 6.54 Å². The molecule has 9 heteroatoms. The maximum Gasteiger partial charge on any atom is 0.308 e. The van der Waals surface area contributed by atoms with Gasteiger partial charge >= 0.3 is 5.92 Å². The number of carbonyl (C=O) groups is 1. The highest BCUT2D eigenvalue weighted by molar-refractivity contribution is 5.91. The summed E-state index contributed by atoms with van der Waals surface area (Å²) in [5.41, 5.74) is 1.38. The van der Waals surface area contributed by atoms with Gasteiger partial charge in [-0.1, -0.05) is 0 Å². The Kier molecular flexibility index (Phi) is 4.16. The average molecular weight is 336 g/mol. The lowest BCUT2D eigenvalue weighted by Gasteiger charge is -2.16. The standard InChI is InChI=1S/C15H18F2N6O/c1-23(2)14(24)11-6-7-12(21-20-11)18-8-15(16,17)13-9-4-3-5-10(9)19-22-13/h6-7H,3-5,8H2,1-2H3,(H,18,21)(H,19,22). The molecule has 2 aromatic heterocycles. The number of halogens is 2. The molecular weight excluding hydrogens is 318 g/mol. The second-order valence-corrected chi connectivity index (χ2v) is 5.94. The highest BCUT2D eigenvalue weighted by Crippen LogP contribution is 2.34. The Hall–Kier alpha value is -2.58. The third-order valence-corrected chi connectivity index (χ3v) is 3.93. The van der Waals surface area contributed by atoms with Crippen LogP contribution in [0.2, 0.25) is 0 Å². The molecule has 128 valence electrons. The van der Waals surface area contributed by atoms with E-state index in [9.17, 15) is 13.6 Å². The van der Waals surface area contributed by atoms with E-state index in [1.807, 2.05) is 0 Å². The summed E-state index contributed by atoms with van der Waals surface area (Å²) in [4.78, 5) is 13.1. The topological polar surface area (TPSA) is 86.8 Å². The first-order valence-electron chi connectivity index (χ1n) is 7.62. The fourth-order valence-electron chi connectivity index (χ4n) is 2.68. The Labute approximate surface area is 137 Å². The molecule has 0 fully saturated rings. The number of hydrogen-bond acceptors (Lipinski definition) is 5. The maximum absolute atomic E-state index is 14.4. The monoisotopic (exact) mass is 336 g/mol. The number of hydrogen-bond donors (Lipinski definition) is 2. The molecule has 2 N–H and O–H groups in total. The molecule has 0 radical (unpaired) electrons. The van der Waals surface area contributed by atoms with Crippen molar-refractivity contribution in [1.82, 2.24) is 25.3 Å². The van der Waals surface area contributed by atoms with E-state index in [2.05, 4.69) is 25.7 Å². The molecule has 0 saturated carbocycles. The minimum Gasteiger partial charge on any atom is -0.362 e. The van der Waals surface area contributed by atoms with E-state index in [4.69, 9.17) is 0 Å². The summed E-state index contributed by atoms with van der Waals surface area (Å²) in [5, 5.41) is 16.5. The molecule has 7 nitrogen and oxygen atoms in total. The van der Waals surface area contributed by atoms with Crippen LogP contribution in [0.1, 0.15) is 33.9 Å². The number of alkyl halides is 2. The number of rotatable bonds is 5. The van der Waals surface area contributed by atoms with Crippen LogP contribution in [0.5, 0.6) is 0 Å². The van der Waals surface area contributed by atoms with Crippen molar-refractivity contribution in [3.05, 3.63) is 34.8 Å². The average Bonchev–Trinajstić information content (AvgIpc) is 3.15. The molecule has 2 aromatic rings. The fourth-order valence-corrected chi connectivity index (χ4v) is 2.68. The van der Waals surface area contributed by atoms with E-state index >= 15 is 0 Å². The minimum atomic E-state index is -3.12. The number of carbonyl (C=O) groups excluding carboxylic acids is 1. The number of H-pyrrole nitrogens is 1. The van der Waals surface area contributed by atoms with E-state index in [0.717, 1.165) is 18.5 Å². The van der Waals surface area contributed by atoms with Gasteiger partial charge in [0.25, 0.3) is 5.91 Å². The van der Waals surface area contributed by atoms with Crippen molar-refractivity contribution in [2.75, 3.05) is 26.0 Å². The zero-order valence-corrected chi connectivity index (χ0v) is 13.4. The number of anilines is 1. The van der Waals surface area contributed by atoms with Gasteiger partial charge in [0, 0.05) is 25.4 Å². The minimum absolute atomic E-state index is 0.155. The Balaban J connectivity index is 1.67. The predicted molar refractivity (Wildman–Crippen MR) is 83.0 cm³/mol. The summed E-state index contributed by atoms with van der Waals surface area (Å²) in [6.45, 7) is -0.639. The van der Waals surface area contributed by atoms with Crippen LogP contribution >= 0.6 is 0 Å². The molecule has 3 rings (SSSR count). The number of fused-ring (bicyclic) bond motifs is 1. The van der Waals surface area contributed by atoms with Crippen LogP contribution in [0.3, 0.4) is 0 Å². The first-order valence-corrected chi connectivity index (χ1v) is 7.62. The van der Waals surface area contributed by atoms with Gasteiger partial charge in [-0.3, -0.25) is 9.89 Å². The van der Waals surface area contributed by atoms with Crippen molar-refractivity contribution in [1.29, 1.82) is 0 Å². The number of nitrogens with zero attached hydrogens (tertiary/aromatic N) is 4. The molecule has 1 aliphatic rings. The second-order valence-electron chi connectivity index (χ2n) is 5.94. The zero-order chi connectivity index (χ0) is 17.3. The molecule has 0 unspecified atom stereocenters. The van der Waals surface area contributed by atoms with Crippen molar-refractivity contribution in [2.45, 2.75) is 25.2 Å². The van der Waals surface area contributed by atoms with E-state index in [-0.39, 0.29) is 23.1 Å². The largest absolute Gasteiger partial charge is 0.362 e. The molecule has 0 aromatic carbocycles. The number of amides is 1. The summed E-state index contributed by atoms with van der Waals surface area (Å²) in [6, 6.07) is 2.90. The highest BCUT2D eigenvalue weighted by Gasteiger charge is 2.38. The van der Waals surface area contributed by atoms with Crippen molar-refractivity contribution < 1.29 is 13.6 Å². The van der Waals surface area contributed by atoms with Crippen LogP contribution in [0.4, 0.5) is 14.6 Å². The van der Waals surface area contributed by atoms with Crippen LogP contribution in [0.15, 0.2) is 12.1 Å². The molecule has 0 saturated heterocycles. The Morgan fingerprint density at radius 1 is 1.33 bits per heavy atom. The molecular formula is C15H18F2N6O. The SMILES string of the molecule is CN(C)C(=O)c1ccc(NCC(F)(F)c2n[nH]c3c2CCC3)nn1. The summed E-state index contributed by atoms with van der Waals surface area (Å²) < 4.78 is 28.8. The van der Waals surface area contributed by atoms with E-state index in [0.29, 0.717) is 12.0 Å². The molecule has 0 atom stereocenters. The van der Waals surface area contributed by atoms with Crippen molar-refractivity contribution >= 4 is 11.7 Å². The third kappa shape index (κ3) is 3.06. The highest BCUT2D eigenvalue weighted by atomic mass is 19.3. The molecule has 0 aliphatic heterocycles. The maximum atomic E-state index is 14.4. The number of aryl methyl sites for hydroxylation is 1. The second kappa shape index (κ2) is 6.14. The van der Waals surface area contributed by atoms with Gasteiger partial charge in [-0.25, -0.2) is 0 Å². The van der Waals surface area contributed by atoms with Gasteiger partial charge < -0.3 is 10.2 Å². The third-order valence-electron chi connectivity index (χ3n) is 3.93. The number of aromatic nitrogens is 4. The van der Waals surface area contributed by atoms with Crippen LogP contribution in [0.25, 0.3) is 0 Å². The molecule has 24 heavy (non-hydrogen) atoms. The van der Waals surface area contributed by atoms with Crippen LogP contribution in [0, 0.1) is 0 Å². The quantitative estimate of drug-likeness (QED) is 0.866.